The molecular formula is C22H30N2O4. The number of piperazine rings is 1. The minimum Gasteiger partial charge on any atom is -0.497 e. The van der Waals surface area contributed by atoms with Gasteiger partial charge >= 0.3 is 0 Å². The zero-order chi connectivity index (χ0) is 19.9. The highest BCUT2D eigenvalue weighted by atomic mass is 16.5. The molecule has 2 aromatic rings. The van der Waals surface area contributed by atoms with Crippen LogP contribution < -0.4 is 18.9 Å². The van der Waals surface area contributed by atoms with Crippen LogP contribution in [0.2, 0.25) is 0 Å². The van der Waals surface area contributed by atoms with E-state index in [2.05, 4.69) is 21.9 Å². The summed E-state index contributed by atoms with van der Waals surface area (Å²) >= 11 is 0. The van der Waals surface area contributed by atoms with Crippen molar-refractivity contribution < 1.29 is 18.9 Å². The van der Waals surface area contributed by atoms with Gasteiger partial charge in [-0.3, -0.25) is 9.80 Å². The summed E-state index contributed by atoms with van der Waals surface area (Å²) in [7, 11) is 6.63. The molecule has 6 nitrogen and oxygen atoms in total. The first kappa shape index (κ1) is 20.3. The fourth-order valence-electron chi connectivity index (χ4n) is 3.58. The third kappa shape index (κ3) is 4.88. The van der Waals surface area contributed by atoms with E-state index in [9.17, 15) is 0 Å². The molecule has 1 aliphatic heterocycles. The van der Waals surface area contributed by atoms with E-state index in [0.717, 1.165) is 50.6 Å². The molecule has 1 fully saturated rings. The Labute approximate surface area is 167 Å². The van der Waals surface area contributed by atoms with Gasteiger partial charge in [-0.05, 0) is 35.4 Å². The van der Waals surface area contributed by atoms with Crippen LogP contribution in [0, 0.1) is 0 Å². The fraction of sp³-hybridized carbons (Fsp3) is 0.455. The van der Waals surface area contributed by atoms with E-state index < -0.39 is 0 Å². The van der Waals surface area contributed by atoms with Gasteiger partial charge in [0.1, 0.15) is 5.75 Å². The van der Waals surface area contributed by atoms with E-state index in [4.69, 9.17) is 18.9 Å². The second-order valence-electron chi connectivity index (χ2n) is 6.93. The Morgan fingerprint density at radius 3 is 1.57 bits per heavy atom. The molecule has 0 atom stereocenters. The monoisotopic (exact) mass is 386 g/mol. The van der Waals surface area contributed by atoms with Crippen LogP contribution in [0.5, 0.6) is 23.0 Å². The predicted octanol–water partition coefficient (Wildman–Crippen LogP) is 3.04. The van der Waals surface area contributed by atoms with Gasteiger partial charge in [0.15, 0.2) is 11.5 Å². The smallest absolute Gasteiger partial charge is 0.203 e. The molecule has 0 unspecified atom stereocenters. The van der Waals surface area contributed by atoms with Crippen molar-refractivity contribution in [3.05, 3.63) is 47.5 Å². The molecule has 3 rings (SSSR count). The summed E-state index contributed by atoms with van der Waals surface area (Å²) in [5.41, 5.74) is 2.48. The third-order valence-electron chi connectivity index (χ3n) is 5.16. The Hall–Kier alpha value is -2.44. The Bertz CT molecular complexity index is 731. The topological polar surface area (TPSA) is 43.4 Å². The Morgan fingerprint density at radius 2 is 1.14 bits per heavy atom. The van der Waals surface area contributed by atoms with Crippen molar-refractivity contribution in [3.8, 4) is 23.0 Å². The quantitative estimate of drug-likeness (QED) is 0.695. The van der Waals surface area contributed by atoms with Crippen LogP contribution in [0.3, 0.4) is 0 Å². The number of ether oxygens (including phenoxy) is 4. The summed E-state index contributed by atoms with van der Waals surface area (Å²) in [6.45, 7) is 6.02. The molecule has 0 amide bonds. The SMILES string of the molecule is COc1ccc(CN2CCN(Cc3cc(OC)c(OC)c(OC)c3)CC2)cc1. The van der Waals surface area contributed by atoms with Gasteiger partial charge in [-0.15, -0.1) is 0 Å². The Balaban J connectivity index is 1.56. The van der Waals surface area contributed by atoms with Gasteiger partial charge in [0.05, 0.1) is 28.4 Å². The van der Waals surface area contributed by atoms with Crippen LogP contribution in [0.4, 0.5) is 0 Å². The van der Waals surface area contributed by atoms with Crippen LogP contribution in [-0.2, 0) is 13.1 Å². The normalized spacial score (nSPS) is 15.3. The molecule has 0 N–H and O–H groups in total. The molecule has 1 heterocycles. The van der Waals surface area contributed by atoms with Crippen molar-refractivity contribution in [2.24, 2.45) is 0 Å². The highest BCUT2D eigenvalue weighted by Gasteiger charge is 2.19. The second kappa shape index (κ2) is 9.66. The number of benzene rings is 2. The lowest BCUT2D eigenvalue weighted by Gasteiger charge is -2.35. The highest BCUT2D eigenvalue weighted by molar-refractivity contribution is 5.53. The maximum atomic E-state index is 5.47. The molecule has 152 valence electrons. The maximum absolute atomic E-state index is 5.47. The van der Waals surface area contributed by atoms with Crippen molar-refractivity contribution in [1.82, 2.24) is 9.80 Å². The summed E-state index contributed by atoms with van der Waals surface area (Å²) in [5.74, 6) is 2.95. The molecule has 28 heavy (non-hydrogen) atoms. The second-order valence-corrected chi connectivity index (χ2v) is 6.93. The van der Waals surface area contributed by atoms with E-state index in [1.807, 2.05) is 24.3 Å². The third-order valence-corrected chi connectivity index (χ3v) is 5.16. The Morgan fingerprint density at radius 1 is 0.643 bits per heavy atom. The number of methoxy groups -OCH3 is 4. The van der Waals surface area contributed by atoms with Crippen molar-refractivity contribution in [2.45, 2.75) is 13.1 Å². The maximum Gasteiger partial charge on any atom is 0.203 e. The highest BCUT2D eigenvalue weighted by Crippen LogP contribution is 2.38. The van der Waals surface area contributed by atoms with Crippen LogP contribution in [0.15, 0.2) is 36.4 Å². The van der Waals surface area contributed by atoms with Crippen molar-refractivity contribution in [1.29, 1.82) is 0 Å². The van der Waals surface area contributed by atoms with Crippen LogP contribution in [0.1, 0.15) is 11.1 Å². The molecular weight excluding hydrogens is 356 g/mol. The van der Waals surface area contributed by atoms with E-state index in [-0.39, 0.29) is 0 Å². The van der Waals surface area contributed by atoms with Gasteiger partial charge in [-0.25, -0.2) is 0 Å². The lowest BCUT2D eigenvalue weighted by molar-refractivity contribution is 0.122. The van der Waals surface area contributed by atoms with E-state index in [1.165, 1.54) is 5.56 Å². The summed E-state index contributed by atoms with van der Waals surface area (Å²) in [6.07, 6.45) is 0. The standard InChI is InChI=1S/C22H30N2O4/c1-25-19-7-5-17(6-8-19)15-23-9-11-24(12-10-23)16-18-13-20(26-2)22(28-4)21(14-18)27-3/h5-8,13-14H,9-12,15-16H2,1-4H3. The van der Waals surface area contributed by atoms with E-state index >= 15 is 0 Å². The van der Waals surface area contributed by atoms with Crippen LogP contribution >= 0.6 is 0 Å². The molecule has 0 radical (unpaired) electrons. The van der Waals surface area contributed by atoms with Gasteiger partial charge in [0, 0.05) is 39.3 Å². The van der Waals surface area contributed by atoms with Gasteiger partial charge in [-0.2, -0.15) is 0 Å². The summed E-state index contributed by atoms with van der Waals surface area (Å²) in [5, 5.41) is 0. The van der Waals surface area contributed by atoms with Gasteiger partial charge in [0.2, 0.25) is 5.75 Å². The van der Waals surface area contributed by atoms with Crippen LogP contribution in [-0.4, -0.2) is 64.4 Å². The number of hydrogen-bond acceptors (Lipinski definition) is 6. The summed E-state index contributed by atoms with van der Waals surface area (Å²) in [4.78, 5) is 4.96. The molecule has 1 aliphatic rings. The van der Waals surface area contributed by atoms with Crippen LogP contribution in [0.25, 0.3) is 0 Å². The lowest BCUT2D eigenvalue weighted by Crippen LogP contribution is -2.45. The number of rotatable bonds is 8. The van der Waals surface area contributed by atoms with Crippen molar-refractivity contribution >= 4 is 0 Å². The zero-order valence-electron chi connectivity index (χ0n) is 17.2. The van der Waals surface area contributed by atoms with E-state index in [0.29, 0.717) is 17.2 Å². The first-order valence-electron chi connectivity index (χ1n) is 9.53. The lowest BCUT2D eigenvalue weighted by atomic mass is 10.1. The van der Waals surface area contributed by atoms with Crippen molar-refractivity contribution in [2.75, 3.05) is 54.6 Å². The first-order chi connectivity index (χ1) is 13.7. The molecule has 0 aliphatic carbocycles. The zero-order valence-corrected chi connectivity index (χ0v) is 17.2. The summed E-state index contributed by atoms with van der Waals surface area (Å²) < 4.78 is 21.6. The van der Waals surface area contributed by atoms with E-state index in [1.54, 1.807) is 28.4 Å². The van der Waals surface area contributed by atoms with Gasteiger partial charge in [-0.1, -0.05) is 12.1 Å². The largest absolute Gasteiger partial charge is 0.497 e. The number of hydrogen-bond donors (Lipinski definition) is 0. The minimum atomic E-state index is 0.637. The minimum absolute atomic E-state index is 0.637. The fourth-order valence-corrected chi connectivity index (χ4v) is 3.58. The van der Waals surface area contributed by atoms with Gasteiger partial charge < -0.3 is 18.9 Å². The predicted molar refractivity (Wildman–Crippen MR) is 110 cm³/mol. The summed E-state index contributed by atoms with van der Waals surface area (Å²) in [6, 6.07) is 12.4. The molecule has 0 bridgehead atoms. The average Bonchev–Trinajstić information content (AvgIpc) is 2.75. The molecule has 0 saturated carbocycles. The number of nitrogens with zero attached hydrogens (tertiary/aromatic N) is 2. The molecule has 6 heteroatoms. The first-order valence-corrected chi connectivity index (χ1v) is 9.53. The van der Waals surface area contributed by atoms with Crippen molar-refractivity contribution in [3.63, 3.8) is 0 Å². The van der Waals surface area contributed by atoms with Gasteiger partial charge in [0.25, 0.3) is 0 Å². The average molecular weight is 386 g/mol. The molecule has 0 aromatic heterocycles. The molecule has 1 saturated heterocycles. The Kier molecular flexibility index (Phi) is 7.01. The molecule has 2 aromatic carbocycles. The molecule has 0 spiro atoms.